The van der Waals surface area contributed by atoms with Crippen molar-refractivity contribution in [2.24, 2.45) is 0 Å². The Kier molecular flexibility index (Phi) is 35.4. The van der Waals surface area contributed by atoms with E-state index in [-0.39, 0.29) is 59.0 Å². The number of unbranched alkanes of at least 4 members (excludes halogenated alkanes) is 1. The predicted octanol–water partition coefficient (Wildman–Crippen LogP) is -1.94. The molecule has 0 saturated heterocycles. The first-order chi connectivity index (χ1) is 2.41. The van der Waals surface area contributed by atoms with Gasteiger partial charge in [-0.05, 0) is 6.42 Å². The summed E-state index contributed by atoms with van der Waals surface area (Å²) in [7, 11) is 0. The van der Waals surface area contributed by atoms with Crippen LogP contribution in [-0.4, -0.2) is 11.7 Å². The second-order valence-electron chi connectivity index (χ2n) is 1.08. The third-order valence-corrected chi connectivity index (χ3v) is 0.512. The Labute approximate surface area is 89.2 Å². The van der Waals surface area contributed by atoms with Gasteiger partial charge in [0.15, 0.2) is 0 Å². The Hall–Kier alpha value is 1.56. The molecule has 0 saturated carbocycles. The van der Waals surface area contributed by atoms with Crippen LogP contribution in [0.4, 0.5) is 0 Å². The Balaban J connectivity index is -0.0000000267. The number of hydrogen-bond donors (Lipinski definition) is 2. The van der Waals surface area contributed by atoms with Crippen molar-refractivity contribution in [3.63, 3.8) is 0 Å². The summed E-state index contributed by atoms with van der Waals surface area (Å²) in [5, 5.41) is 8.07. The molecule has 0 aromatic heterocycles. The summed E-state index contributed by atoms with van der Waals surface area (Å²) in [6.45, 7) is 2.40. The second-order valence-corrected chi connectivity index (χ2v) is 1.08. The Morgan fingerprint density at radius 2 is 2.00 bits per heavy atom. The molecule has 0 aromatic carbocycles. The van der Waals surface area contributed by atoms with E-state index in [0.29, 0.717) is 6.61 Å². The molecule has 0 heterocycles. The molecule has 0 aliphatic carbocycles. The molecule has 0 aliphatic rings. The third kappa shape index (κ3) is 18.4. The van der Waals surface area contributed by atoms with Crippen LogP contribution >= 0.6 is 0 Å². The smallest absolute Gasteiger partial charge is 1.00 e. The third-order valence-electron chi connectivity index (χ3n) is 0.512. The quantitative estimate of drug-likeness (QED) is 0.428. The summed E-state index contributed by atoms with van der Waals surface area (Å²) in [5.74, 6) is 0. The van der Waals surface area contributed by atoms with Gasteiger partial charge in [0.25, 0.3) is 0 Å². The molecule has 0 aliphatic heterocycles. The van der Waals surface area contributed by atoms with Crippen LogP contribution in [0.5, 0.6) is 0 Å². The predicted molar refractivity (Wildman–Crippen MR) is 28.1 cm³/mol. The summed E-state index contributed by atoms with van der Waals surface area (Å²) in [5.41, 5.74) is 0. The van der Waals surface area contributed by atoms with E-state index in [4.69, 9.17) is 5.11 Å². The van der Waals surface area contributed by atoms with Crippen LogP contribution in [-0.2, 0) is 0 Å². The normalized spacial score (nSPS) is 6.00. The van der Waals surface area contributed by atoms with Gasteiger partial charge in [0.1, 0.15) is 0 Å². The first-order valence-electron chi connectivity index (χ1n) is 2.02. The minimum atomic E-state index is 0. The van der Waals surface area contributed by atoms with Crippen LogP contribution < -0.4 is 57.5 Å². The van der Waals surface area contributed by atoms with E-state index in [1.54, 1.807) is 0 Å². The fourth-order valence-electron chi connectivity index (χ4n) is 0.158. The molecule has 0 atom stereocenters. The zero-order valence-electron chi connectivity index (χ0n) is 6.28. The summed E-state index contributed by atoms with van der Waals surface area (Å²) in [4.78, 5) is 0. The largest absolute Gasteiger partial charge is 1.00 e. The number of hydrogen-bond acceptors (Lipinski definition) is 2. The topological polar surface area (TPSA) is 55.2 Å². The average Bonchev–Trinajstić information content (AvgIpc) is 1.41. The fraction of sp³-hybridized carbons (Fsp3) is 1.00. The summed E-state index contributed by atoms with van der Waals surface area (Å²) >= 11 is 0. The summed E-state index contributed by atoms with van der Waals surface area (Å²) in [6.07, 6.45) is 2.04. The molecule has 0 amide bonds. The van der Waals surface area contributed by atoms with Gasteiger partial charge in [-0.1, -0.05) is 13.3 Å². The first-order valence-corrected chi connectivity index (χ1v) is 2.02. The SMILES string of the molecule is CCCCO.N.[H-].[K+]. The molecule has 0 rings (SSSR count). The van der Waals surface area contributed by atoms with E-state index in [0.717, 1.165) is 12.8 Å². The van der Waals surface area contributed by atoms with E-state index in [2.05, 4.69) is 6.92 Å². The maximum absolute atomic E-state index is 8.07. The van der Waals surface area contributed by atoms with Gasteiger partial charge in [-0.3, -0.25) is 0 Å². The van der Waals surface area contributed by atoms with Crippen molar-refractivity contribution in [2.45, 2.75) is 19.8 Å². The molecule has 0 bridgehead atoms. The number of rotatable bonds is 2. The Bertz CT molecular complexity index is 23.5. The van der Waals surface area contributed by atoms with Gasteiger partial charge in [0, 0.05) is 6.61 Å². The van der Waals surface area contributed by atoms with E-state index >= 15 is 0 Å². The van der Waals surface area contributed by atoms with Crippen molar-refractivity contribution in [1.82, 2.24) is 6.15 Å². The molecule has 42 valence electrons. The van der Waals surface area contributed by atoms with E-state index in [9.17, 15) is 0 Å². The van der Waals surface area contributed by atoms with Gasteiger partial charge in [-0.2, -0.15) is 0 Å². The minimum Gasteiger partial charge on any atom is -1.00 e. The van der Waals surface area contributed by atoms with E-state index in [1.807, 2.05) is 0 Å². The summed E-state index contributed by atoms with van der Waals surface area (Å²) < 4.78 is 0. The van der Waals surface area contributed by atoms with Gasteiger partial charge in [0.05, 0.1) is 0 Å². The maximum Gasteiger partial charge on any atom is 1.00 e. The Morgan fingerprint density at radius 1 is 1.57 bits per heavy atom. The molecule has 3 heteroatoms. The monoisotopic (exact) mass is 131 g/mol. The standard InChI is InChI=1S/C4H10O.K.H3N.H/c1-2-3-4-5;;;/h5H,2-4H2,1H3;;1H3;/q;+1;;-1. The number of aliphatic hydroxyl groups excluding tert-OH is 1. The van der Waals surface area contributed by atoms with Crippen molar-refractivity contribution in [3.05, 3.63) is 0 Å². The van der Waals surface area contributed by atoms with E-state index in [1.165, 1.54) is 0 Å². The molecule has 0 aromatic rings. The van der Waals surface area contributed by atoms with Crippen LogP contribution in [0.3, 0.4) is 0 Å². The average molecular weight is 131 g/mol. The van der Waals surface area contributed by atoms with Gasteiger partial charge >= 0.3 is 51.4 Å². The maximum atomic E-state index is 8.07. The number of aliphatic hydroxyl groups is 1. The molecule has 0 unspecified atom stereocenters. The van der Waals surface area contributed by atoms with Crippen molar-refractivity contribution in [1.29, 1.82) is 0 Å². The van der Waals surface area contributed by atoms with Crippen LogP contribution in [0, 0.1) is 0 Å². The minimum absolute atomic E-state index is 0. The molecule has 4 N–H and O–H groups in total. The van der Waals surface area contributed by atoms with Gasteiger partial charge in [-0.15, -0.1) is 0 Å². The Morgan fingerprint density at radius 3 is 2.00 bits per heavy atom. The fourth-order valence-corrected chi connectivity index (χ4v) is 0.158. The van der Waals surface area contributed by atoms with Crippen molar-refractivity contribution in [2.75, 3.05) is 6.61 Å². The van der Waals surface area contributed by atoms with Crippen molar-refractivity contribution in [3.8, 4) is 0 Å². The zero-order chi connectivity index (χ0) is 4.12. The van der Waals surface area contributed by atoms with Crippen LogP contribution in [0.2, 0.25) is 0 Å². The zero-order valence-corrected chi connectivity index (χ0v) is 8.40. The molecular weight excluding hydrogens is 117 g/mol. The molecule has 7 heavy (non-hydrogen) atoms. The van der Waals surface area contributed by atoms with Crippen LogP contribution in [0.25, 0.3) is 0 Å². The van der Waals surface area contributed by atoms with E-state index < -0.39 is 0 Å². The summed E-state index contributed by atoms with van der Waals surface area (Å²) in [6, 6.07) is 0. The van der Waals surface area contributed by atoms with Crippen molar-refractivity contribution < 1.29 is 57.9 Å². The van der Waals surface area contributed by atoms with Gasteiger partial charge in [0.2, 0.25) is 0 Å². The molecule has 0 fully saturated rings. The first kappa shape index (κ1) is 15.8. The molecule has 0 radical (unpaired) electrons. The molecule has 2 nitrogen and oxygen atoms in total. The van der Waals surface area contributed by atoms with Gasteiger partial charge in [-0.25, -0.2) is 0 Å². The van der Waals surface area contributed by atoms with Crippen molar-refractivity contribution >= 4 is 0 Å². The van der Waals surface area contributed by atoms with Crippen LogP contribution in [0.1, 0.15) is 21.2 Å². The van der Waals surface area contributed by atoms with Gasteiger partial charge < -0.3 is 12.7 Å². The second kappa shape index (κ2) is 15.6. The molecular formula is C4H14KNO. The molecule has 0 spiro atoms. The van der Waals surface area contributed by atoms with Crippen LogP contribution in [0.15, 0.2) is 0 Å².